The van der Waals surface area contributed by atoms with Gasteiger partial charge in [-0.1, -0.05) is 57.2 Å². The molecule has 0 aliphatic heterocycles. The minimum absolute atomic E-state index is 0.00669. The molecule has 0 saturated heterocycles. The van der Waals surface area contributed by atoms with Gasteiger partial charge in [-0.05, 0) is 48.1 Å². The van der Waals surface area contributed by atoms with E-state index < -0.39 is 0 Å². The average molecular weight is 473 g/mol. The standard InChI is InChI=1S/C27H37FN2O2S/c1-4-6-7-8-9-10-11-26(31)29(17-5-2)21-27(32)30(20-25-22(3)16-18-33-25)19-23-12-14-24(28)15-13-23/h5,12-16,18H,2,4,6-11,17,19-21H2,1,3H3. The van der Waals surface area contributed by atoms with Crippen LogP contribution in [0.15, 0.2) is 48.4 Å². The van der Waals surface area contributed by atoms with Crippen molar-refractivity contribution in [3.05, 3.63) is 70.2 Å². The number of hydrogen-bond donors (Lipinski definition) is 0. The summed E-state index contributed by atoms with van der Waals surface area (Å²) in [6.07, 6.45) is 8.79. The van der Waals surface area contributed by atoms with E-state index in [-0.39, 0.29) is 24.2 Å². The Morgan fingerprint density at radius 1 is 0.970 bits per heavy atom. The van der Waals surface area contributed by atoms with E-state index in [2.05, 4.69) is 13.5 Å². The molecule has 2 amide bonds. The number of nitrogens with zero attached hydrogens (tertiary/aromatic N) is 2. The van der Waals surface area contributed by atoms with Gasteiger partial charge in [-0.15, -0.1) is 17.9 Å². The van der Waals surface area contributed by atoms with E-state index in [0.29, 0.717) is 26.1 Å². The normalized spacial score (nSPS) is 10.8. The van der Waals surface area contributed by atoms with Gasteiger partial charge in [-0.3, -0.25) is 9.59 Å². The minimum atomic E-state index is -0.303. The summed E-state index contributed by atoms with van der Waals surface area (Å²) in [5.74, 6) is -0.429. The maximum atomic E-state index is 13.3. The molecule has 1 aromatic heterocycles. The second kappa shape index (κ2) is 14.6. The van der Waals surface area contributed by atoms with Crippen LogP contribution in [0.25, 0.3) is 0 Å². The highest BCUT2D eigenvalue weighted by atomic mass is 32.1. The predicted molar refractivity (Wildman–Crippen MR) is 134 cm³/mol. The van der Waals surface area contributed by atoms with Crippen molar-refractivity contribution in [2.24, 2.45) is 0 Å². The highest BCUT2D eigenvalue weighted by molar-refractivity contribution is 7.10. The van der Waals surface area contributed by atoms with Gasteiger partial charge in [0.2, 0.25) is 11.8 Å². The Morgan fingerprint density at radius 2 is 1.67 bits per heavy atom. The third kappa shape index (κ3) is 9.50. The van der Waals surface area contributed by atoms with Crippen LogP contribution in [0, 0.1) is 12.7 Å². The maximum Gasteiger partial charge on any atom is 0.242 e. The summed E-state index contributed by atoms with van der Waals surface area (Å²) in [6.45, 7) is 9.18. The van der Waals surface area contributed by atoms with E-state index in [1.165, 1.54) is 31.4 Å². The molecule has 0 aliphatic carbocycles. The number of unbranched alkanes of at least 4 members (excludes halogenated alkanes) is 5. The molecule has 33 heavy (non-hydrogen) atoms. The van der Waals surface area contributed by atoms with Crippen LogP contribution in [0.1, 0.15) is 67.9 Å². The van der Waals surface area contributed by atoms with E-state index in [1.807, 2.05) is 18.4 Å². The van der Waals surface area contributed by atoms with Gasteiger partial charge < -0.3 is 9.80 Å². The fourth-order valence-corrected chi connectivity index (χ4v) is 4.59. The summed E-state index contributed by atoms with van der Waals surface area (Å²) >= 11 is 1.61. The summed E-state index contributed by atoms with van der Waals surface area (Å²) in [4.78, 5) is 30.6. The molecule has 0 saturated carbocycles. The fraction of sp³-hybridized carbons (Fsp3) is 0.481. The number of hydrogen-bond acceptors (Lipinski definition) is 3. The van der Waals surface area contributed by atoms with Gasteiger partial charge in [0.1, 0.15) is 12.4 Å². The third-order valence-electron chi connectivity index (χ3n) is 5.71. The van der Waals surface area contributed by atoms with Crippen LogP contribution in [-0.2, 0) is 22.7 Å². The molecule has 0 N–H and O–H groups in total. The minimum Gasteiger partial charge on any atom is -0.332 e. The van der Waals surface area contributed by atoms with Crippen molar-refractivity contribution >= 4 is 23.2 Å². The average Bonchev–Trinajstić information content (AvgIpc) is 3.21. The number of aryl methyl sites for hydroxylation is 1. The first-order valence-electron chi connectivity index (χ1n) is 11.9. The lowest BCUT2D eigenvalue weighted by Gasteiger charge is -2.27. The molecule has 1 aromatic carbocycles. The SMILES string of the molecule is C=CCN(CC(=O)N(Cc1ccc(F)cc1)Cc1sccc1C)C(=O)CCCCCCCC. The molecule has 2 aromatic rings. The highest BCUT2D eigenvalue weighted by Crippen LogP contribution is 2.20. The molecule has 180 valence electrons. The molecule has 4 nitrogen and oxygen atoms in total. The van der Waals surface area contributed by atoms with Crippen molar-refractivity contribution in [3.8, 4) is 0 Å². The monoisotopic (exact) mass is 472 g/mol. The molecule has 0 unspecified atom stereocenters. The van der Waals surface area contributed by atoms with Gasteiger partial charge in [-0.25, -0.2) is 4.39 Å². The van der Waals surface area contributed by atoms with E-state index >= 15 is 0 Å². The Labute approximate surface area is 202 Å². The topological polar surface area (TPSA) is 40.6 Å². The molecule has 0 spiro atoms. The van der Waals surface area contributed by atoms with Crippen molar-refractivity contribution in [2.75, 3.05) is 13.1 Å². The largest absolute Gasteiger partial charge is 0.332 e. The Balaban J connectivity index is 2.03. The van der Waals surface area contributed by atoms with E-state index in [0.717, 1.165) is 35.3 Å². The van der Waals surface area contributed by atoms with Crippen molar-refractivity contribution in [1.29, 1.82) is 0 Å². The number of rotatable bonds is 15. The quantitative estimate of drug-likeness (QED) is 0.220. The molecule has 2 rings (SSSR count). The molecule has 0 atom stereocenters. The lowest BCUT2D eigenvalue weighted by molar-refractivity contribution is -0.140. The van der Waals surface area contributed by atoms with Gasteiger partial charge in [0, 0.05) is 24.4 Å². The first-order chi connectivity index (χ1) is 15.9. The number of carbonyl (C=O) groups is 2. The summed E-state index contributed by atoms with van der Waals surface area (Å²) in [5, 5.41) is 2.01. The van der Waals surface area contributed by atoms with Crippen LogP contribution < -0.4 is 0 Å². The number of benzene rings is 1. The van der Waals surface area contributed by atoms with E-state index in [9.17, 15) is 14.0 Å². The smallest absolute Gasteiger partial charge is 0.242 e. The molecule has 0 aliphatic rings. The lowest BCUT2D eigenvalue weighted by Crippen LogP contribution is -2.42. The molecule has 0 fully saturated rings. The zero-order chi connectivity index (χ0) is 24.1. The number of halogens is 1. The molecular formula is C27H37FN2O2S. The second-order valence-electron chi connectivity index (χ2n) is 8.48. The summed E-state index contributed by atoms with van der Waals surface area (Å²) in [6, 6.07) is 8.24. The predicted octanol–water partition coefficient (Wildman–Crippen LogP) is 6.49. The van der Waals surface area contributed by atoms with Gasteiger partial charge in [0.25, 0.3) is 0 Å². The Morgan fingerprint density at radius 3 is 2.30 bits per heavy atom. The number of carbonyl (C=O) groups excluding carboxylic acids is 2. The zero-order valence-electron chi connectivity index (χ0n) is 20.0. The molecule has 6 heteroatoms. The van der Waals surface area contributed by atoms with Crippen LogP contribution in [0.2, 0.25) is 0 Å². The first kappa shape index (κ1) is 26.8. The maximum absolute atomic E-state index is 13.3. The van der Waals surface area contributed by atoms with Crippen LogP contribution >= 0.6 is 11.3 Å². The van der Waals surface area contributed by atoms with Crippen LogP contribution in [0.3, 0.4) is 0 Å². The first-order valence-corrected chi connectivity index (χ1v) is 12.8. The Kier molecular flexibility index (Phi) is 11.9. The Bertz CT molecular complexity index is 879. The molecule has 0 bridgehead atoms. The molecular weight excluding hydrogens is 435 g/mol. The third-order valence-corrected chi connectivity index (χ3v) is 6.72. The van der Waals surface area contributed by atoms with E-state index in [4.69, 9.17) is 0 Å². The van der Waals surface area contributed by atoms with Crippen molar-refractivity contribution < 1.29 is 14.0 Å². The van der Waals surface area contributed by atoms with Crippen LogP contribution in [0.4, 0.5) is 4.39 Å². The highest BCUT2D eigenvalue weighted by Gasteiger charge is 2.22. The summed E-state index contributed by atoms with van der Waals surface area (Å²) in [7, 11) is 0. The van der Waals surface area contributed by atoms with Gasteiger partial charge in [0.05, 0.1) is 6.54 Å². The molecule has 0 radical (unpaired) electrons. The lowest BCUT2D eigenvalue weighted by atomic mass is 10.1. The van der Waals surface area contributed by atoms with E-state index in [1.54, 1.807) is 39.3 Å². The second-order valence-corrected chi connectivity index (χ2v) is 9.48. The summed E-state index contributed by atoms with van der Waals surface area (Å²) < 4.78 is 13.3. The number of amides is 2. The zero-order valence-corrected chi connectivity index (χ0v) is 20.8. The fourth-order valence-electron chi connectivity index (χ4n) is 3.67. The van der Waals surface area contributed by atoms with Crippen molar-refractivity contribution in [3.63, 3.8) is 0 Å². The number of thiophene rings is 1. The van der Waals surface area contributed by atoms with Gasteiger partial charge in [0.15, 0.2) is 0 Å². The van der Waals surface area contributed by atoms with Crippen LogP contribution in [0.5, 0.6) is 0 Å². The van der Waals surface area contributed by atoms with Gasteiger partial charge >= 0.3 is 0 Å². The van der Waals surface area contributed by atoms with Crippen LogP contribution in [-0.4, -0.2) is 34.7 Å². The van der Waals surface area contributed by atoms with Crippen molar-refractivity contribution in [2.45, 2.75) is 71.9 Å². The summed E-state index contributed by atoms with van der Waals surface area (Å²) in [5.41, 5.74) is 1.99. The Hall–Kier alpha value is -2.47. The van der Waals surface area contributed by atoms with Gasteiger partial charge in [-0.2, -0.15) is 0 Å². The molecule has 1 heterocycles. The van der Waals surface area contributed by atoms with Crippen molar-refractivity contribution in [1.82, 2.24) is 9.80 Å².